The minimum Gasteiger partial charge on any atom is -0.497 e. The van der Waals surface area contributed by atoms with E-state index in [-0.39, 0.29) is 18.2 Å². The van der Waals surface area contributed by atoms with Crippen molar-refractivity contribution in [3.8, 4) is 5.75 Å². The maximum Gasteiger partial charge on any atom is 0.238 e. The second kappa shape index (κ2) is 11.8. The SMILES string of the molecule is COc1ccc(CCN2C(=O)CC(C(=O)Nc3ccc(C)c(Cl)c3)SC2=Nc2cccc(Cl)c2)cc1. The smallest absolute Gasteiger partial charge is 0.238 e. The van der Waals surface area contributed by atoms with Crippen LogP contribution in [0.4, 0.5) is 11.4 Å². The number of ether oxygens (including phenoxy) is 1. The highest BCUT2D eigenvalue weighted by Gasteiger charge is 2.35. The first-order valence-corrected chi connectivity index (χ1v) is 13.0. The first-order chi connectivity index (χ1) is 17.3. The van der Waals surface area contributed by atoms with Gasteiger partial charge in [-0.3, -0.25) is 14.5 Å². The fourth-order valence-electron chi connectivity index (χ4n) is 3.64. The molecule has 36 heavy (non-hydrogen) atoms. The minimum absolute atomic E-state index is 0.0628. The van der Waals surface area contributed by atoms with Gasteiger partial charge < -0.3 is 10.1 Å². The third-order valence-corrected chi connectivity index (χ3v) is 7.52. The lowest BCUT2D eigenvalue weighted by molar-refractivity contribution is -0.129. The number of anilines is 1. The van der Waals surface area contributed by atoms with Gasteiger partial charge in [-0.1, -0.05) is 59.2 Å². The van der Waals surface area contributed by atoms with Gasteiger partial charge in [0.2, 0.25) is 11.8 Å². The van der Waals surface area contributed by atoms with Crippen LogP contribution >= 0.6 is 35.0 Å². The molecule has 1 saturated heterocycles. The van der Waals surface area contributed by atoms with Crippen LogP contribution in [0.15, 0.2) is 71.7 Å². The van der Waals surface area contributed by atoms with E-state index in [1.54, 1.807) is 42.3 Å². The molecule has 3 aromatic rings. The molecule has 0 aromatic heterocycles. The Morgan fingerprint density at radius 3 is 2.61 bits per heavy atom. The molecule has 1 atom stereocenters. The molecular weight excluding hydrogens is 517 g/mol. The molecule has 186 valence electrons. The first kappa shape index (κ1) is 26.1. The zero-order valence-corrected chi connectivity index (χ0v) is 22.2. The Hall–Kier alpha value is -3.00. The zero-order valence-electron chi connectivity index (χ0n) is 19.8. The molecule has 0 saturated carbocycles. The number of aryl methyl sites for hydroxylation is 1. The topological polar surface area (TPSA) is 71.0 Å². The third-order valence-electron chi connectivity index (χ3n) is 5.69. The van der Waals surface area contributed by atoms with Gasteiger partial charge in [-0.05, 0) is 66.9 Å². The lowest BCUT2D eigenvalue weighted by Gasteiger charge is -2.32. The molecule has 1 fully saturated rings. The van der Waals surface area contributed by atoms with Crippen LogP contribution in [-0.4, -0.2) is 40.8 Å². The first-order valence-electron chi connectivity index (χ1n) is 11.3. The van der Waals surface area contributed by atoms with Crippen molar-refractivity contribution < 1.29 is 14.3 Å². The Morgan fingerprint density at radius 1 is 1.14 bits per heavy atom. The third kappa shape index (κ3) is 6.60. The monoisotopic (exact) mass is 541 g/mol. The van der Waals surface area contributed by atoms with Crippen molar-refractivity contribution in [3.05, 3.63) is 87.9 Å². The molecule has 1 aliphatic rings. The fourth-order valence-corrected chi connectivity index (χ4v) is 5.13. The Labute approximate surface area is 224 Å². The normalized spacial score (nSPS) is 16.8. The molecule has 0 spiro atoms. The predicted octanol–water partition coefficient (Wildman–Crippen LogP) is 6.51. The summed E-state index contributed by atoms with van der Waals surface area (Å²) in [5.41, 5.74) is 3.17. The van der Waals surface area contributed by atoms with Crippen molar-refractivity contribution >= 4 is 63.3 Å². The van der Waals surface area contributed by atoms with Crippen LogP contribution < -0.4 is 10.1 Å². The molecule has 4 rings (SSSR count). The lowest BCUT2D eigenvalue weighted by atomic mass is 10.1. The van der Waals surface area contributed by atoms with Gasteiger partial charge in [0.15, 0.2) is 5.17 Å². The highest BCUT2D eigenvalue weighted by molar-refractivity contribution is 8.15. The summed E-state index contributed by atoms with van der Waals surface area (Å²) in [6.45, 7) is 2.32. The summed E-state index contributed by atoms with van der Waals surface area (Å²) in [5.74, 6) is 0.335. The van der Waals surface area contributed by atoms with E-state index < -0.39 is 5.25 Å². The molecule has 1 aliphatic heterocycles. The highest BCUT2D eigenvalue weighted by Crippen LogP contribution is 2.31. The number of amidine groups is 1. The second-order valence-corrected chi connectivity index (χ2v) is 10.3. The average molecular weight is 542 g/mol. The van der Waals surface area contributed by atoms with Gasteiger partial charge in [-0.25, -0.2) is 4.99 Å². The molecule has 0 radical (unpaired) electrons. The van der Waals surface area contributed by atoms with Gasteiger partial charge in [0.25, 0.3) is 0 Å². The quantitative estimate of drug-likeness (QED) is 0.369. The summed E-state index contributed by atoms with van der Waals surface area (Å²) >= 11 is 13.6. The maximum absolute atomic E-state index is 13.2. The molecule has 0 aliphatic carbocycles. The maximum atomic E-state index is 13.2. The zero-order chi connectivity index (χ0) is 25.7. The van der Waals surface area contributed by atoms with Crippen LogP contribution in [0.5, 0.6) is 5.75 Å². The largest absolute Gasteiger partial charge is 0.497 e. The Kier molecular flexibility index (Phi) is 8.56. The second-order valence-electron chi connectivity index (χ2n) is 8.28. The van der Waals surface area contributed by atoms with E-state index in [9.17, 15) is 9.59 Å². The number of hydrogen-bond donors (Lipinski definition) is 1. The number of carbonyl (C=O) groups excluding carboxylic acids is 2. The number of methoxy groups -OCH3 is 1. The van der Waals surface area contributed by atoms with E-state index >= 15 is 0 Å². The van der Waals surface area contributed by atoms with E-state index in [0.29, 0.717) is 39.6 Å². The van der Waals surface area contributed by atoms with Crippen LogP contribution in [0.25, 0.3) is 0 Å². The highest BCUT2D eigenvalue weighted by atomic mass is 35.5. The predicted molar refractivity (Wildman–Crippen MR) is 148 cm³/mol. The molecule has 1 unspecified atom stereocenters. The lowest BCUT2D eigenvalue weighted by Crippen LogP contribution is -2.46. The number of halogens is 2. The van der Waals surface area contributed by atoms with Crippen LogP contribution in [-0.2, 0) is 16.0 Å². The van der Waals surface area contributed by atoms with Crippen molar-refractivity contribution in [1.82, 2.24) is 4.90 Å². The number of nitrogens with zero attached hydrogens (tertiary/aromatic N) is 2. The van der Waals surface area contributed by atoms with E-state index in [0.717, 1.165) is 16.9 Å². The molecule has 3 aromatic carbocycles. The summed E-state index contributed by atoms with van der Waals surface area (Å²) in [6.07, 6.45) is 0.691. The molecular formula is C27H25Cl2N3O3S. The van der Waals surface area contributed by atoms with Gasteiger partial charge in [0.1, 0.15) is 11.0 Å². The van der Waals surface area contributed by atoms with Crippen LogP contribution in [0, 0.1) is 6.92 Å². The number of carbonyl (C=O) groups is 2. The number of nitrogens with one attached hydrogen (secondary N) is 1. The van der Waals surface area contributed by atoms with Gasteiger partial charge in [0, 0.05) is 28.7 Å². The Balaban J connectivity index is 1.54. The summed E-state index contributed by atoms with van der Waals surface area (Å²) in [4.78, 5) is 32.6. The average Bonchev–Trinajstić information content (AvgIpc) is 2.86. The van der Waals surface area contributed by atoms with Crippen molar-refractivity contribution in [1.29, 1.82) is 0 Å². The molecule has 1 N–H and O–H groups in total. The summed E-state index contributed by atoms with van der Waals surface area (Å²) < 4.78 is 5.22. The van der Waals surface area contributed by atoms with Crippen molar-refractivity contribution in [2.45, 2.75) is 25.0 Å². The molecule has 9 heteroatoms. The number of hydrogen-bond acceptors (Lipinski definition) is 5. The van der Waals surface area contributed by atoms with Crippen LogP contribution in [0.3, 0.4) is 0 Å². The van der Waals surface area contributed by atoms with Crippen molar-refractivity contribution in [2.24, 2.45) is 4.99 Å². The number of amides is 2. The van der Waals surface area contributed by atoms with Gasteiger partial charge in [-0.2, -0.15) is 0 Å². The number of aliphatic imine (C=N–C) groups is 1. The minimum atomic E-state index is -0.632. The Morgan fingerprint density at radius 2 is 1.92 bits per heavy atom. The van der Waals surface area contributed by atoms with Gasteiger partial charge in [-0.15, -0.1) is 0 Å². The van der Waals surface area contributed by atoms with E-state index in [4.69, 9.17) is 32.9 Å². The Bertz CT molecular complexity index is 1300. The standard InChI is InChI=1S/C27H25Cl2N3O3S/c1-17-6-9-21(15-23(17)29)30-26(34)24-16-25(33)32(13-12-18-7-10-22(35-2)11-8-18)27(36-24)31-20-5-3-4-19(28)14-20/h3-11,14-15,24H,12-13,16H2,1-2H3,(H,30,34). The molecule has 6 nitrogen and oxygen atoms in total. The van der Waals surface area contributed by atoms with E-state index in [1.165, 1.54) is 11.8 Å². The van der Waals surface area contributed by atoms with E-state index in [2.05, 4.69) is 5.32 Å². The number of rotatable bonds is 7. The number of thioether (sulfide) groups is 1. The number of benzene rings is 3. The molecule has 0 bridgehead atoms. The summed E-state index contributed by atoms with van der Waals surface area (Å²) in [6, 6.07) is 20.1. The van der Waals surface area contributed by atoms with Crippen LogP contribution in [0.1, 0.15) is 17.5 Å². The van der Waals surface area contributed by atoms with Gasteiger partial charge in [0.05, 0.1) is 12.8 Å². The van der Waals surface area contributed by atoms with Gasteiger partial charge >= 0.3 is 0 Å². The summed E-state index contributed by atoms with van der Waals surface area (Å²) in [7, 11) is 1.62. The molecule has 1 heterocycles. The van der Waals surface area contributed by atoms with Crippen LogP contribution in [0.2, 0.25) is 10.0 Å². The van der Waals surface area contributed by atoms with Crippen molar-refractivity contribution in [2.75, 3.05) is 19.0 Å². The summed E-state index contributed by atoms with van der Waals surface area (Å²) in [5, 5.41) is 3.81. The molecule has 2 amide bonds. The van der Waals surface area contributed by atoms with E-state index in [1.807, 2.05) is 43.3 Å². The fraction of sp³-hybridized carbons (Fsp3) is 0.222. The van der Waals surface area contributed by atoms with Crippen molar-refractivity contribution in [3.63, 3.8) is 0 Å².